The average Bonchev–Trinajstić information content (AvgIpc) is 2.69. The van der Waals surface area contributed by atoms with Crippen LogP contribution in [-0.4, -0.2) is 36.6 Å². The SMILES string of the molecule is Cc1ccc(CN(C)C(C)C(=O)NCC(F)(F)F)s1. The second kappa shape index (κ2) is 6.38. The fourth-order valence-electron chi connectivity index (χ4n) is 1.49. The number of halogens is 3. The average molecular weight is 294 g/mol. The van der Waals surface area contributed by atoms with E-state index < -0.39 is 24.7 Å². The lowest BCUT2D eigenvalue weighted by molar-refractivity contribution is -0.141. The second-order valence-corrected chi connectivity index (χ2v) is 5.81. The number of nitrogens with zero attached hydrogens (tertiary/aromatic N) is 1. The Hall–Kier alpha value is -1.08. The molecule has 0 radical (unpaired) electrons. The second-order valence-electron chi connectivity index (χ2n) is 4.44. The maximum atomic E-state index is 12.0. The monoisotopic (exact) mass is 294 g/mol. The molecule has 0 fully saturated rings. The molecule has 0 aromatic carbocycles. The van der Waals surface area contributed by atoms with Gasteiger partial charge in [0, 0.05) is 16.3 Å². The first kappa shape index (κ1) is 16.0. The number of nitrogens with one attached hydrogen (secondary N) is 1. The van der Waals surface area contributed by atoms with Gasteiger partial charge in [-0.3, -0.25) is 9.69 Å². The van der Waals surface area contributed by atoms with Crippen LogP contribution in [0.1, 0.15) is 16.7 Å². The van der Waals surface area contributed by atoms with Gasteiger partial charge in [0.2, 0.25) is 5.91 Å². The summed E-state index contributed by atoms with van der Waals surface area (Å²) in [6.07, 6.45) is -4.38. The quantitative estimate of drug-likeness (QED) is 0.905. The highest BCUT2D eigenvalue weighted by molar-refractivity contribution is 7.11. The van der Waals surface area contributed by atoms with Crippen LogP contribution in [0.15, 0.2) is 12.1 Å². The molecule has 0 aliphatic carbocycles. The maximum absolute atomic E-state index is 12.0. The molecule has 1 atom stereocenters. The van der Waals surface area contributed by atoms with Crippen LogP contribution in [-0.2, 0) is 11.3 Å². The molecule has 0 aliphatic rings. The van der Waals surface area contributed by atoms with Crippen molar-refractivity contribution in [3.05, 3.63) is 21.9 Å². The number of hydrogen-bond donors (Lipinski definition) is 1. The van der Waals surface area contributed by atoms with Gasteiger partial charge in [-0.25, -0.2) is 0 Å². The lowest BCUT2D eigenvalue weighted by Crippen LogP contribution is -2.45. The Labute approximate surface area is 114 Å². The van der Waals surface area contributed by atoms with E-state index in [2.05, 4.69) is 0 Å². The smallest absolute Gasteiger partial charge is 0.346 e. The summed E-state index contributed by atoms with van der Waals surface area (Å²) in [5, 5.41) is 1.89. The molecule has 1 rings (SSSR count). The lowest BCUT2D eigenvalue weighted by Gasteiger charge is -2.23. The molecule has 1 amide bonds. The Morgan fingerprint density at radius 2 is 2.11 bits per heavy atom. The molecule has 0 spiro atoms. The van der Waals surface area contributed by atoms with Crippen LogP contribution >= 0.6 is 11.3 Å². The molecule has 1 aromatic heterocycles. The molecule has 7 heteroatoms. The third kappa shape index (κ3) is 5.61. The number of carbonyl (C=O) groups excluding carboxylic acids is 1. The van der Waals surface area contributed by atoms with E-state index >= 15 is 0 Å². The van der Waals surface area contributed by atoms with Crippen molar-refractivity contribution in [2.75, 3.05) is 13.6 Å². The first-order valence-electron chi connectivity index (χ1n) is 5.79. The number of likely N-dealkylation sites (N-methyl/N-ethyl adjacent to an activating group) is 1. The predicted octanol–water partition coefficient (Wildman–Crippen LogP) is 2.56. The minimum absolute atomic E-state index is 0.541. The lowest BCUT2D eigenvalue weighted by atomic mass is 10.2. The number of rotatable bonds is 5. The summed E-state index contributed by atoms with van der Waals surface area (Å²) in [6, 6.07) is 3.32. The molecule has 1 heterocycles. The van der Waals surface area contributed by atoms with Crippen LogP contribution in [0.5, 0.6) is 0 Å². The Kier molecular flexibility index (Phi) is 5.37. The summed E-state index contributed by atoms with van der Waals surface area (Å²) < 4.78 is 36.0. The van der Waals surface area contributed by atoms with Crippen molar-refractivity contribution in [1.29, 1.82) is 0 Å². The van der Waals surface area contributed by atoms with Gasteiger partial charge in [0.15, 0.2) is 0 Å². The van der Waals surface area contributed by atoms with E-state index in [1.807, 2.05) is 24.4 Å². The van der Waals surface area contributed by atoms with E-state index in [1.54, 1.807) is 30.2 Å². The number of thiophene rings is 1. The summed E-state index contributed by atoms with van der Waals surface area (Å²) >= 11 is 1.61. The van der Waals surface area contributed by atoms with Crippen LogP contribution in [0.4, 0.5) is 13.2 Å². The van der Waals surface area contributed by atoms with Gasteiger partial charge in [-0.1, -0.05) is 0 Å². The van der Waals surface area contributed by atoms with E-state index in [4.69, 9.17) is 0 Å². The van der Waals surface area contributed by atoms with E-state index in [9.17, 15) is 18.0 Å². The van der Waals surface area contributed by atoms with Crippen molar-refractivity contribution in [2.24, 2.45) is 0 Å². The molecule has 3 nitrogen and oxygen atoms in total. The van der Waals surface area contributed by atoms with Crippen molar-refractivity contribution in [3.63, 3.8) is 0 Å². The highest BCUT2D eigenvalue weighted by Crippen LogP contribution is 2.17. The number of alkyl halides is 3. The van der Waals surface area contributed by atoms with Gasteiger partial charge in [-0.2, -0.15) is 13.2 Å². The highest BCUT2D eigenvalue weighted by atomic mass is 32.1. The van der Waals surface area contributed by atoms with Crippen LogP contribution in [0, 0.1) is 6.92 Å². The fourth-order valence-corrected chi connectivity index (χ4v) is 2.44. The third-order valence-corrected chi connectivity index (χ3v) is 3.69. The van der Waals surface area contributed by atoms with E-state index in [0.29, 0.717) is 6.54 Å². The summed E-state index contributed by atoms with van der Waals surface area (Å²) in [6.45, 7) is 2.82. The van der Waals surface area contributed by atoms with Crippen LogP contribution in [0.25, 0.3) is 0 Å². The number of amides is 1. The Morgan fingerprint density at radius 1 is 1.47 bits per heavy atom. The fraction of sp³-hybridized carbons (Fsp3) is 0.583. The summed E-state index contributed by atoms with van der Waals surface area (Å²) in [7, 11) is 1.72. The van der Waals surface area contributed by atoms with Crippen LogP contribution in [0.2, 0.25) is 0 Å². The molecule has 0 saturated carbocycles. The largest absolute Gasteiger partial charge is 0.405 e. The Morgan fingerprint density at radius 3 is 2.58 bits per heavy atom. The van der Waals surface area contributed by atoms with Gasteiger partial charge in [0.25, 0.3) is 0 Å². The van der Waals surface area contributed by atoms with Gasteiger partial charge in [0.1, 0.15) is 6.54 Å². The Balaban J connectivity index is 2.47. The van der Waals surface area contributed by atoms with E-state index in [-0.39, 0.29) is 0 Å². The summed E-state index contributed by atoms with van der Waals surface area (Å²) in [5.41, 5.74) is 0. The van der Waals surface area contributed by atoms with Crippen molar-refractivity contribution < 1.29 is 18.0 Å². The van der Waals surface area contributed by atoms with Crippen molar-refractivity contribution in [3.8, 4) is 0 Å². The molecule has 1 aromatic rings. The molecular formula is C12H17F3N2OS. The molecule has 1 N–H and O–H groups in total. The maximum Gasteiger partial charge on any atom is 0.405 e. The first-order valence-corrected chi connectivity index (χ1v) is 6.60. The van der Waals surface area contributed by atoms with E-state index in [1.165, 1.54) is 0 Å². The minimum Gasteiger partial charge on any atom is -0.346 e. The molecule has 19 heavy (non-hydrogen) atoms. The van der Waals surface area contributed by atoms with Crippen molar-refractivity contribution in [1.82, 2.24) is 10.2 Å². The molecule has 108 valence electrons. The summed E-state index contributed by atoms with van der Waals surface area (Å²) in [4.78, 5) is 15.5. The molecule has 0 aliphatic heterocycles. The van der Waals surface area contributed by atoms with Crippen molar-refractivity contribution >= 4 is 17.2 Å². The topological polar surface area (TPSA) is 32.3 Å². The van der Waals surface area contributed by atoms with Crippen LogP contribution < -0.4 is 5.32 Å². The molecular weight excluding hydrogens is 277 g/mol. The van der Waals surface area contributed by atoms with Crippen molar-refractivity contribution in [2.45, 2.75) is 32.6 Å². The van der Waals surface area contributed by atoms with Gasteiger partial charge in [-0.05, 0) is 33.0 Å². The number of carbonyl (C=O) groups is 1. The predicted molar refractivity (Wildman–Crippen MR) is 69.0 cm³/mol. The van der Waals surface area contributed by atoms with Gasteiger partial charge in [-0.15, -0.1) is 11.3 Å². The number of aryl methyl sites for hydroxylation is 1. The molecule has 1 unspecified atom stereocenters. The standard InChI is InChI=1S/C12H17F3N2OS/c1-8-4-5-10(19-8)6-17(3)9(2)11(18)16-7-12(13,14)15/h4-5,9H,6-7H2,1-3H3,(H,16,18). The van der Waals surface area contributed by atoms with Gasteiger partial charge < -0.3 is 5.32 Å². The van der Waals surface area contributed by atoms with Crippen LogP contribution in [0.3, 0.4) is 0 Å². The zero-order valence-corrected chi connectivity index (χ0v) is 11.9. The minimum atomic E-state index is -4.38. The number of hydrogen-bond acceptors (Lipinski definition) is 3. The zero-order chi connectivity index (χ0) is 14.6. The van der Waals surface area contributed by atoms with Gasteiger partial charge in [0.05, 0.1) is 6.04 Å². The first-order chi connectivity index (χ1) is 8.69. The molecule has 0 bridgehead atoms. The normalized spacial score (nSPS) is 13.6. The third-order valence-electron chi connectivity index (χ3n) is 2.70. The highest BCUT2D eigenvalue weighted by Gasteiger charge is 2.29. The van der Waals surface area contributed by atoms with E-state index in [0.717, 1.165) is 9.75 Å². The summed E-state index contributed by atoms with van der Waals surface area (Å²) in [5.74, 6) is -0.617. The Bertz CT molecular complexity index is 431. The zero-order valence-electron chi connectivity index (χ0n) is 11.0. The van der Waals surface area contributed by atoms with Gasteiger partial charge >= 0.3 is 6.18 Å². The molecule has 0 saturated heterocycles.